The van der Waals surface area contributed by atoms with Crippen molar-refractivity contribution in [2.45, 2.75) is 13.3 Å². The SMILES string of the molecule is CC1(CN)CCN(C(=O)c2cccc(Oc3cnccn3)c2)C1. The molecule has 0 spiro atoms. The summed E-state index contributed by atoms with van der Waals surface area (Å²) in [6.45, 7) is 4.14. The molecule has 1 atom stereocenters. The molecular formula is C17H20N4O2. The molecule has 1 unspecified atom stereocenters. The number of amides is 1. The molecular weight excluding hydrogens is 292 g/mol. The van der Waals surface area contributed by atoms with E-state index in [0.717, 1.165) is 13.0 Å². The highest BCUT2D eigenvalue weighted by Gasteiger charge is 2.35. The van der Waals surface area contributed by atoms with Gasteiger partial charge in [-0.15, -0.1) is 0 Å². The van der Waals surface area contributed by atoms with Crippen LogP contribution in [0.1, 0.15) is 23.7 Å². The van der Waals surface area contributed by atoms with Crippen LogP contribution in [-0.4, -0.2) is 40.4 Å². The van der Waals surface area contributed by atoms with Crippen LogP contribution in [0.5, 0.6) is 11.6 Å². The van der Waals surface area contributed by atoms with Crippen LogP contribution in [0, 0.1) is 5.41 Å². The normalized spacial score (nSPS) is 20.5. The molecule has 0 radical (unpaired) electrons. The van der Waals surface area contributed by atoms with Gasteiger partial charge in [-0.05, 0) is 36.6 Å². The van der Waals surface area contributed by atoms with Crippen molar-refractivity contribution >= 4 is 5.91 Å². The van der Waals surface area contributed by atoms with E-state index < -0.39 is 0 Å². The number of ether oxygens (including phenoxy) is 1. The fourth-order valence-electron chi connectivity index (χ4n) is 2.70. The lowest BCUT2D eigenvalue weighted by Gasteiger charge is -2.22. The molecule has 2 N–H and O–H groups in total. The minimum absolute atomic E-state index is 0.00627. The maximum absolute atomic E-state index is 12.7. The van der Waals surface area contributed by atoms with Crippen LogP contribution in [0.4, 0.5) is 0 Å². The molecule has 2 aromatic rings. The average molecular weight is 312 g/mol. The van der Waals surface area contributed by atoms with Gasteiger partial charge in [0.05, 0.1) is 6.20 Å². The molecule has 1 aromatic carbocycles. The molecule has 1 amide bonds. The quantitative estimate of drug-likeness (QED) is 0.934. The van der Waals surface area contributed by atoms with Crippen molar-refractivity contribution in [1.82, 2.24) is 14.9 Å². The highest BCUT2D eigenvalue weighted by atomic mass is 16.5. The number of carbonyl (C=O) groups excluding carboxylic acids is 1. The minimum Gasteiger partial charge on any atom is -0.437 e. The predicted molar refractivity (Wildman–Crippen MR) is 86.2 cm³/mol. The first kappa shape index (κ1) is 15.4. The second-order valence-corrected chi connectivity index (χ2v) is 6.17. The Kier molecular flexibility index (Phi) is 4.25. The Balaban J connectivity index is 1.74. The second kappa shape index (κ2) is 6.34. The fourth-order valence-corrected chi connectivity index (χ4v) is 2.70. The Morgan fingerprint density at radius 1 is 1.43 bits per heavy atom. The van der Waals surface area contributed by atoms with Gasteiger partial charge in [-0.1, -0.05) is 13.0 Å². The van der Waals surface area contributed by atoms with Gasteiger partial charge in [-0.25, -0.2) is 4.98 Å². The number of carbonyl (C=O) groups is 1. The van der Waals surface area contributed by atoms with Crippen molar-refractivity contribution in [3.63, 3.8) is 0 Å². The smallest absolute Gasteiger partial charge is 0.254 e. The molecule has 3 rings (SSSR count). The number of nitrogens with two attached hydrogens (primary N) is 1. The van der Waals surface area contributed by atoms with Gasteiger partial charge in [0.1, 0.15) is 5.75 Å². The van der Waals surface area contributed by atoms with Crippen molar-refractivity contribution < 1.29 is 9.53 Å². The van der Waals surface area contributed by atoms with Crippen LogP contribution in [0.3, 0.4) is 0 Å². The molecule has 2 heterocycles. The third-order valence-corrected chi connectivity index (χ3v) is 4.18. The van der Waals surface area contributed by atoms with E-state index in [9.17, 15) is 4.79 Å². The Morgan fingerprint density at radius 2 is 2.30 bits per heavy atom. The number of hydrogen-bond acceptors (Lipinski definition) is 5. The van der Waals surface area contributed by atoms with E-state index in [2.05, 4.69) is 16.9 Å². The van der Waals surface area contributed by atoms with Crippen molar-refractivity contribution in [3.8, 4) is 11.6 Å². The van der Waals surface area contributed by atoms with Gasteiger partial charge in [-0.3, -0.25) is 9.78 Å². The van der Waals surface area contributed by atoms with E-state index in [0.29, 0.717) is 30.3 Å². The monoisotopic (exact) mass is 312 g/mol. The van der Waals surface area contributed by atoms with Crippen molar-refractivity contribution in [1.29, 1.82) is 0 Å². The standard InChI is InChI=1S/C17H20N4O2/c1-17(11-18)5-8-21(12-17)16(22)13-3-2-4-14(9-13)23-15-10-19-6-7-20-15/h2-4,6-7,9-10H,5,8,11-12,18H2,1H3. The zero-order valence-electron chi connectivity index (χ0n) is 13.1. The van der Waals surface area contributed by atoms with Gasteiger partial charge in [0.25, 0.3) is 5.91 Å². The number of aromatic nitrogens is 2. The van der Waals surface area contributed by atoms with Gasteiger partial charge >= 0.3 is 0 Å². The van der Waals surface area contributed by atoms with E-state index in [4.69, 9.17) is 10.5 Å². The maximum Gasteiger partial charge on any atom is 0.254 e. The molecule has 120 valence electrons. The molecule has 1 saturated heterocycles. The Bertz CT molecular complexity index is 692. The van der Waals surface area contributed by atoms with Crippen LogP contribution >= 0.6 is 0 Å². The number of nitrogens with zero attached hydrogens (tertiary/aromatic N) is 3. The van der Waals surface area contributed by atoms with Crippen LogP contribution in [-0.2, 0) is 0 Å². The summed E-state index contributed by atoms with van der Waals surface area (Å²) >= 11 is 0. The first-order chi connectivity index (χ1) is 11.1. The summed E-state index contributed by atoms with van der Waals surface area (Å²) in [5, 5.41) is 0. The first-order valence-corrected chi connectivity index (χ1v) is 7.63. The molecule has 0 aliphatic carbocycles. The molecule has 1 aromatic heterocycles. The number of likely N-dealkylation sites (tertiary alicyclic amines) is 1. The van der Waals surface area contributed by atoms with E-state index in [1.165, 1.54) is 6.20 Å². The van der Waals surface area contributed by atoms with E-state index in [1.807, 2.05) is 4.90 Å². The highest BCUT2D eigenvalue weighted by Crippen LogP contribution is 2.30. The Morgan fingerprint density at radius 3 is 3.00 bits per heavy atom. The third kappa shape index (κ3) is 3.48. The number of benzene rings is 1. The fraction of sp³-hybridized carbons (Fsp3) is 0.353. The summed E-state index contributed by atoms with van der Waals surface area (Å²) in [5.74, 6) is 0.970. The number of rotatable bonds is 4. The van der Waals surface area contributed by atoms with Gasteiger partial charge < -0.3 is 15.4 Å². The molecule has 23 heavy (non-hydrogen) atoms. The summed E-state index contributed by atoms with van der Waals surface area (Å²) in [7, 11) is 0. The van der Waals surface area contributed by atoms with Gasteiger partial charge in [0.15, 0.2) is 0 Å². The molecule has 1 aliphatic heterocycles. The second-order valence-electron chi connectivity index (χ2n) is 6.17. The molecule has 1 fully saturated rings. The zero-order chi connectivity index (χ0) is 16.3. The highest BCUT2D eigenvalue weighted by molar-refractivity contribution is 5.94. The third-order valence-electron chi connectivity index (χ3n) is 4.18. The minimum atomic E-state index is 0.00627. The molecule has 1 aliphatic rings. The van der Waals surface area contributed by atoms with Gasteiger partial charge in [0, 0.05) is 31.0 Å². The van der Waals surface area contributed by atoms with Crippen LogP contribution in [0.25, 0.3) is 0 Å². The van der Waals surface area contributed by atoms with Crippen LogP contribution in [0.2, 0.25) is 0 Å². The largest absolute Gasteiger partial charge is 0.437 e. The van der Waals surface area contributed by atoms with Gasteiger partial charge in [0.2, 0.25) is 5.88 Å². The van der Waals surface area contributed by atoms with Crippen LogP contribution < -0.4 is 10.5 Å². The number of hydrogen-bond donors (Lipinski definition) is 1. The lowest BCUT2D eigenvalue weighted by atomic mass is 9.90. The summed E-state index contributed by atoms with van der Waals surface area (Å²) in [5.41, 5.74) is 6.43. The molecule has 6 nitrogen and oxygen atoms in total. The average Bonchev–Trinajstić information content (AvgIpc) is 2.98. The molecule has 0 bridgehead atoms. The summed E-state index contributed by atoms with van der Waals surface area (Å²) in [6, 6.07) is 7.12. The molecule has 0 saturated carbocycles. The van der Waals surface area contributed by atoms with Crippen LogP contribution in [0.15, 0.2) is 42.9 Å². The van der Waals surface area contributed by atoms with Crippen molar-refractivity contribution in [3.05, 3.63) is 48.4 Å². The maximum atomic E-state index is 12.7. The van der Waals surface area contributed by atoms with E-state index >= 15 is 0 Å². The predicted octanol–water partition coefficient (Wildman–Crippen LogP) is 2.08. The van der Waals surface area contributed by atoms with Crippen molar-refractivity contribution in [2.75, 3.05) is 19.6 Å². The Hall–Kier alpha value is -2.47. The van der Waals surface area contributed by atoms with Crippen molar-refractivity contribution in [2.24, 2.45) is 11.1 Å². The summed E-state index contributed by atoms with van der Waals surface area (Å²) in [4.78, 5) is 22.5. The zero-order valence-corrected chi connectivity index (χ0v) is 13.1. The van der Waals surface area contributed by atoms with Gasteiger partial charge in [-0.2, -0.15) is 0 Å². The summed E-state index contributed by atoms with van der Waals surface area (Å²) < 4.78 is 5.63. The van der Waals surface area contributed by atoms with E-state index in [1.54, 1.807) is 36.7 Å². The first-order valence-electron chi connectivity index (χ1n) is 7.63. The lowest BCUT2D eigenvalue weighted by Crippen LogP contribution is -2.34. The molecule has 6 heteroatoms. The summed E-state index contributed by atoms with van der Waals surface area (Å²) in [6.07, 6.45) is 5.60. The topological polar surface area (TPSA) is 81.3 Å². The van der Waals surface area contributed by atoms with E-state index in [-0.39, 0.29) is 11.3 Å². The lowest BCUT2D eigenvalue weighted by molar-refractivity contribution is 0.0776. The Labute approximate surface area is 135 Å².